The van der Waals surface area contributed by atoms with Crippen LogP contribution >= 0.6 is 0 Å². The van der Waals surface area contributed by atoms with Crippen molar-refractivity contribution in [2.45, 2.75) is 285 Å². The van der Waals surface area contributed by atoms with E-state index in [4.69, 9.17) is 18.9 Å². The van der Waals surface area contributed by atoms with Gasteiger partial charge in [-0.25, -0.2) is 0 Å². The summed E-state index contributed by atoms with van der Waals surface area (Å²) >= 11 is 0. The Balaban J connectivity index is 1.27. The molecule has 0 heterocycles. The van der Waals surface area contributed by atoms with E-state index in [0.29, 0.717) is 0 Å². The van der Waals surface area contributed by atoms with E-state index in [0.717, 1.165) is 86.2 Å². The first kappa shape index (κ1) is 69.8. The molecule has 0 spiro atoms. The van der Waals surface area contributed by atoms with Crippen molar-refractivity contribution in [1.82, 2.24) is 0 Å². The van der Waals surface area contributed by atoms with E-state index < -0.39 is 0 Å². The molecule has 0 fully saturated rings. The number of hydrogen-bond acceptors (Lipinski definition) is 4. The lowest BCUT2D eigenvalue weighted by Crippen LogP contribution is -2.03. The van der Waals surface area contributed by atoms with Crippen LogP contribution in [0, 0.1) is 0 Å². The van der Waals surface area contributed by atoms with Crippen LogP contribution in [0.15, 0.2) is 84.9 Å². The van der Waals surface area contributed by atoms with Crippen molar-refractivity contribution >= 4 is 36.5 Å². The third-order valence-electron chi connectivity index (χ3n) is 16.2. The van der Waals surface area contributed by atoms with Gasteiger partial charge in [0.2, 0.25) is 0 Å². The van der Waals surface area contributed by atoms with Gasteiger partial charge < -0.3 is 18.9 Å². The van der Waals surface area contributed by atoms with E-state index in [2.05, 4.69) is 149 Å². The summed E-state index contributed by atoms with van der Waals surface area (Å²) < 4.78 is 25.7. The molecule has 4 rings (SSSR count). The quantitative estimate of drug-likeness (QED) is 0.0326. The van der Waals surface area contributed by atoms with Crippen LogP contribution in [-0.2, 0) is 0 Å². The van der Waals surface area contributed by atoms with Crippen LogP contribution < -0.4 is 18.9 Å². The van der Waals surface area contributed by atoms with Crippen molar-refractivity contribution in [3.8, 4) is 23.0 Å². The monoisotopic (exact) mass is 1120 g/mol. The molecule has 0 aromatic heterocycles. The van der Waals surface area contributed by atoms with Crippen molar-refractivity contribution in [3.05, 3.63) is 118 Å². The number of hydrogen-bond donors (Lipinski definition) is 0. The molecular weight excluding hydrogens is 1000 g/mol. The van der Waals surface area contributed by atoms with Crippen LogP contribution in [0.2, 0.25) is 0 Å². The number of ether oxygens (including phenoxy) is 4. The first-order chi connectivity index (χ1) is 40.6. The number of rotatable bonds is 54. The van der Waals surface area contributed by atoms with Crippen LogP contribution in [0.5, 0.6) is 23.0 Å². The van der Waals surface area contributed by atoms with Crippen LogP contribution in [0.1, 0.15) is 318 Å². The van der Waals surface area contributed by atoms with Gasteiger partial charge in [0.05, 0.1) is 26.4 Å². The molecule has 4 aromatic rings. The van der Waals surface area contributed by atoms with Gasteiger partial charge in [0, 0.05) is 0 Å². The SMILES string of the molecule is CCCCCCCCCCCCOc1ccc(/C=C/c2ccc(/C=C/c3ccc(/C=C/c4ccc(OCCCCCCCCCCCC)c(OCCCCCCCCCCCC)c4)cc3)cc2)cc1OCCCCCCCCCCCC. The van der Waals surface area contributed by atoms with Gasteiger partial charge in [-0.05, 0) is 83.3 Å². The highest BCUT2D eigenvalue weighted by Gasteiger charge is 2.10. The number of unbranched alkanes of at least 4 members (excludes halogenated alkanes) is 36. The van der Waals surface area contributed by atoms with Crippen molar-refractivity contribution in [2.75, 3.05) is 26.4 Å². The van der Waals surface area contributed by atoms with Gasteiger partial charge >= 0.3 is 0 Å². The van der Waals surface area contributed by atoms with Gasteiger partial charge in [-0.1, -0.05) is 356 Å². The molecular formula is C78H120O4. The minimum atomic E-state index is 0.732. The maximum Gasteiger partial charge on any atom is 0.161 e. The maximum atomic E-state index is 6.46. The Kier molecular flexibility index (Phi) is 42.3. The topological polar surface area (TPSA) is 36.9 Å². The summed E-state index contributed by atoms with van der Waals surface area (Å²) in [5.41, 5.74) is 6.93. The normalized spacial score (nSPS) is 11.7. The fourth-order valence-corrected chi connectivity index (χ4v) is 10.8. The van der Waals surface area contributed by atoms with E-state index in [1.54, 1.807) is 0 Å². The molecule has 0 saturated heterocycles. The Morgan fingerprint density at radius 2 is 0.366 bits per heavy atom. The van der Waals surface area contributed by atoms with E-state index >= 15 is 0 Å². The highest BCUT2D eigenvalue weighted by atomic mass is 16.5. The molecule has 82 heavy (non-hydrogen) atoms. The van der Waals surface area contributed by atoms with Crippen LogP contribution in [0.4, 0.5) is 0 Å². The first-order valence-corrected chi connectivity index (χ1v) is 34.7. The minimum Gasteiger partial charge on any atom is -0.490 e. The van der Waals surface area contributed by atoms with Crippen molar-refractivity contribution in [3.63, 3.8) is 0 Å². The van der Waals surface area contributed by atoms with E-state index in [-0.39, 0.29) is 0 Å². The third-order valence-corrected chi connectivity index (χ3v) is 16.2. The molecule has 0 aliphatic heterocycles. The predicted octanol–water partition coefficient (Wildman–Crippen LogP) is 25.4. The zero-order chi connectivity index (χ0) is 57.9. The summed E-state index contributed by atoms with van der Waals surface area (Å²) in [4.78, 5) is 0. The molecule has 4 heteroatoms. The molecule has 0 saturated carbocycles. The fraction of sp³-hybridized carbons (Fsp3) is 0.615. The average Bonchev–Trinajstić information content (AvgIpc) is 3.54. The molecule has 0 N–H and O–H groups in total. The number of benzene rings is 4. The van der Waals surface area contributed by atoms with Gasteiger partial charge in [0.25, 0.3) is 0 Å². The highest BCUT2D eigenvalue weighted by Crippen LogP contribution is 2.32. The molecule has 0 aliphatic carbocycles. The molecule has 0 radical (unpaired) electrons. The van der Waals surface area contributed by atoms with E-state index in [1.807, 2.05) is 0 Å². The summed E-state index contributed by atoms with van der Waals surface area (Å²) in [5, 5.41) is 0. The second kappa shape index (κ2) is 49.7. The highest BCUT2D eigenvalue weighted by molar-refractivity contribution is 5.75. The molecule has 4 aromatic carbocycles. The van der Waals surface area contributed by atoms with Gasteiger partial charge in [-0.15, -0.1) is 0 Å². The van der Waals surface area contributed by atoms with E-state index in [1.165, 1.54) is 253 Å². The second-order valence-electron chi connectivity index (χ2n) is 23.9. The predicted molar refractivity (Wildman–Crippen MR) is 362 cm³/mol. The van der Waals surface area contributed by atoms with Gasteiger partial charge in [0.1, 0.15) is 0 Å². The molecule has 0 aliphatic rings. The average molecular weight is 1120 g/mol. The largest absolute Gasteiger partial charge is 0.490 e. The fourth-order valence-electron chi connectivity index (χ4n) is 10.8. The van der Waals surface area contributed by atoms with Crippen LogP contribution in [0.25, 0.3) is 36.5 Å². The lowest BCUT2D eigenvalue weighted by molar-refractivity contribution is 0.258. The Morgan fingerprint density at radius 3 is 0.585 bits per heavy atom. The molecule has 456 valence electrons. The van der Waals surface area contributed by atoms with Crippen molar-refractivity contribution < 1.29 is 18.9 Å². The molecule has 0 bridgehead atoms. The summed E-state index contributed by atoms with van der Waals surface area (Å²) in [5.74, 6) is 3.48. The lowest BCUT2D eigenvalue weighted by atomic mass is 10.1. The van der Waals surface area contributed by atoms with E-state index in [9.17, 15) is 0 Å². The minimum absolute atomic E-state index is 0.732. The Bertz CT molecular complexity index is 2030. The zero-order valence-corrected chi connectivity index (χ0v) is 53.3. The summed E-state index contributed by atoms with van der Waals surface area (Å²) in [6.07, 6.45) is 66.0. The smallest absolute Gasteiger partial charge is 0.161 e. The van der Waals surface area contributed by atoms with Gasteiger partial charge in [-0.3, -0.25) is 0 Å². The Hall–Kier alpha value is -4.70. The molecule has 0 unspecified atom stereocenters. The maximum absolute atomic E-state index is 6.46. The van der Waals surface area contributed by atoms with Crippen LogP contribution in [0.3, 0.4) is 0 Å². The van der Waals surface area contributed by atoms with Gasteiger partial charge in [-0.2, -0.15) is 0 Å². The van der Waals surface area contributed by atoms with Crippen molar-refractivity contribution in [1.29, 1.82) is 0 Å². The summed E-state index contributed by atoms with van der Waals surface area (Å²) in [7, 11) is 0. The van der Waals surface area contributed by atoms with Crippen molar-refractivity contribution in [2.24, 2.45) is 0 Å². The lowest BCUT2D eigenvalue weighted by Gasteiger charge is -2.14. The van der Waals surface area contributed by atoms with Gasteiger partial charge in [0.15, 0.2) is 23.0 Å². The zero-order valence-electron chi connectivity index (χ0n) is 53.3. The first-order valence-electron chi connectivity index (χ1n) is 34.7. The molecule has 4 nitrogen and oxygen atoms in total. The standard InChI is InChI=1S/C78H120O4/c1-5-9-13-17-21-25-29-33-37-41-63-79-75-61-59-73(67-77(75)81-65-43-39-35-31-27-23-19-15-11-7-3)57-55-71-51-47-69(48-52-71)45-46-70-49-53-72(54-50-70)56-58-74-60-62-76(80-64-42-38-34-30-26-22-18-14-10-6-2)78(68-74)82-66-44-40-36-32-28-24-20-16-12-8-4/h45-62,67-68H,5-44,63-66H2,1-4H3/b46-45+,57-55+,58-56+. The summed E-state index contributed by atoms with van der Waals surface area (Å²) in [6.45, 7) is 12.1. The second-order valence-corrected chi connectivity index (χ2v) is 23.9. The molecule has 0 atom stereocenters. The third kappa shape index (κ3) is 35.4. The summed E-state index contributed by atoms with van der Waals surface area (Å²) in [6, 6.07) is 30.4. The van der Waals surface area contributed by atoms with Crippen LogP contribution in [-0.4, -0.2) is 26.4 Å². The Morgan fingerprint density at radius 1 is 0.195 bits per heavy atom. The molecule has 0 amide bonds. The Labute approximate surface area is 505 Å².